The number of hydrogen-bond donors (Lipinski definition) is 3. The van der Waals surface area contributed by atoms with Crippen molar-refractivity contribution >= 4 is 35.3 Å². The van der Waals surface area contributed by atoms with E-state index in [9.17, 15) is 19.2 Å². The van der Waals surface area contributed by atoms with Crippen molar-refractivity contribution in [3.8, 4) is 0 Å². The fraction of sp³-hybridized carbons (Fsp3) is 0.704. The second kappa shape index (κ2) is 13.8. The Morgan fingerprint density at radius 3 is 2.58 bits per heavy atom. The average Bonchev–Trinajstić information content (AvgIpc) is 3.46. The van der Waals surface area contributed by atoms with Gasteiger partial charge in [0.25, 0.3) is 0 Å². The van der Waals surface area contributed by atoms with Crippen LogP contribution in [0.4, 0.5) is 4.79 Å². The average molecular weight is 522 g/mol. The number of ether oxygens (including phenoxy) is 1. The van der Waals surface area contributed by atoms with Crippen LogP contribution >= 0.6 is 11.6 Å². The number of halogens is 1. The van der Waals surface area contributed by atoms with Gasteiger partial charge < -0.3 is 20.7 Å². The first kappa shape index (κ1) is 28.2. The summed E-state index contributed by atoms with van der Waals surface area (Å²) in [7, 11) is 0. The van der Waals surface area contributed by atoms with Gasteiger partial charge in [-0.3, -0.25) is 14.4 Å². The molecule has 2 aliphatic carbocycles. The fourth-order valence-corrected chi connectivity index (χ4v) is 5.54. The van der Waals surface area contributed by atoms with Crippen molar-refractivity contribution in [2.24, 2.45) is 17.8 Å². The summed E-state index contributed by atoms with van der Waals surface area (Å²) in [5.74, 6) is -1.15. The van der Waals surface area contributed by atoms with Crippen molar-refractivity contribution in [2.75, 3.05) is 12.4 Å². The van der Waals surface area contributed by atoms with E-state index in [1.54, 1.807) is 0 Å². The highest BCUT2D eigenvalue weighted by Crippen LogP contribution is 2.34. The smallest absolute Gasteiger partial charge is 0.408 e. The third-order valence-electron chi connectivity index (χ3n) is 7.30. The molecule has 1 aliphatic heterocycles. The maximum absolute atomic E-state index is 13.2. The lowest BCUT2D eigenvalue weighted by molar-refractivity contribution is -0.129. The topological polar surface area (TPSA) is 114 Å². The third-order valence-corrected chi connectivity index (χ3v) is 7.56. The number of alkyl halides is 1. The van der Waals surface area contributed by atoms with Gasteiger partial charge in [-0.25, -0.2) is 4.79 Å². The number of hydrogen-bond acceptors (Lipinski definition) is 5. The Morgan fingerprint density at radius 1 is 1.14 bits per heavy atom. The Bertz CT molecular complexity index is 871. The SMILES string of the molecule is CC(C)C[C@H](NC(=O)OC1CCCC1CC1=CCC=CC1)C(=O)N[C@@H](C[C@@H]1CCNC1=O)C(=O)CCl. The van der Waals surface area contributed by atoms with Gasteiger partial charge in [0.1, 0.15) is 12.1 Å². The number of Topliss-reactive ketones (excluding diaryl/α,β-unsaturated/α-hetero) is 1. The molecule has 1 heterocycles. The van der Waals surface area contributed by atoms with Crippen LogP contribution < -0.4 is 16.0 Å². The van der Waals surface area contributed by atoms with E-state index < -0.39 is 24.1 Å². The number of amides is 3. The second-order valence-electron chi connectivity index (χ2n) is 10.6. The van der Waals surface area contributed by atoms with E-state index in [1.807, 2.05) is 13.8 Å². The Morgan fingerprint density at radius 2 is 1.94 bits per heavy atom. The van der Waals surface area contributed by atoms with Gasteiger partial charge in [-0.15, -0.1) is 11.6 Å². The van der Waals surface area contributed by atoms with Crippen LogP contribution in [0.3, 0.4) is 0 Å². The summed E-state index contributed by atoms with van der Waals surface area (Å²) in [6, 6.07) is -1.74. The van der Waals surface area contributed by atoms with Gasteiger partial charge in [0.05, 0.1) is 11.9 Å². The van der Waals surface area contributed by atoms with Crippen LogP contribution in [-0.2, 0) is 19.1 Å². The molecule has 200 valence electrons. The van der Waals surface area contributed by atoms with E-state index in [0.717, 1.165) is 38.5 Å². The predicted molar refractivity (Wildman–Crippen MR) is 138 cm³/mol. The summed E-state index contributed by atoms with van der Waals surface area (Å²) in [6.07, 6.45) is 12.7. The second-order valence-corrected chi connectivity index (χ2v) is 10.9. The summed E-state index contributed by atoms with van der Waals surface area (Å²) in [4.78, 5) is 50.5. The Kier molecular flexibility index (Phi) is 10.8. The van der Waals surface area contributed by atoms with Gasteiger partial charge in [-0.2, -0.15) is 0 Å². The van der Waals surface area contributed by atoms with Crippen LogP contribution in [0.15, 0.2) is 23.8 Å². The standard InChI is InChI=1S/C27H40ClN3O5/c1-17(2)13-22(26(34)30-21(23(32)16-28)15-20-11-12-29-25(20)33)31-27(35)36-24-10-6-9-19(24)14-18-7-4-3-5-8-18/h3-4,8,17,19-22,24H,5-7,9-16H2,1-2H3,(H,29,33)(H,30,34)(H,31,35)/t19?,20-,21-,22-,24?/m0/s1. The monoisotopic (exact) mass is 521 g/mol. The molecular weight excluding hydrogens is 482 g/mol. The molecule has 1 saturated carbocycles. The fourth-order valence-electron chi connectivity index (χ4n) is 5.35. The van der Waals surface area contributed by atoms with Crippen LogP contribution in [0.1, 0.15) is 71.6 Å². The molecule has 0 aromatic rings. The minimum atomic E-state index is -0.881. The van der Waals surface area contributed by atoms with Crippen molar-refractivity contribution in [1.82, 2.24) is 16.0 Å². The van der Waals surface area contributed by atoms with Gasteiger partial charge >= 0.3 is 6.09 Å². The molecule has 0 radical (unpaired) electrons. The molecule has 36 heavy (non-hydrogen) atoms. The molecule has 2 unspecified atom stereocenters. The van der Waals surface area contributed by atoms with Crippen LogP contribution in [0.2, 0.25) is 0 Å². The number of allylic oxidation sites excluding steroid dienone is 4. The van der Waals surface area contributed by atoms with E-state index >= 15 is 0 Å². The molecule has 3 rings (SSSR count). The molecule has 2 fully saturated rings. The van der Waals surface area contributed by atoms with E-state index in [2.05, 4.69) is 34.2 Å². The summed E-state index contributed by atoms with van der Waals surface area (Å²) in [5, 5.41) is 8.23. The van der Waals surface area contributed by atoms with Crippen molar-refractivity contribution in [3.63, 3.8) is 0 Å². The van der Waals surface area contributed by atoms with E-state index in [4.69, 9.17) is 16.3 Å². The maximum Gasteiger partial charge on any atom is 0.408 e. The summed E-state index contributed by atoms with van der Waals surface area (Å²) >= 11 is 5.78. The number of carbonyl (C=O) groups excluding carboxylic acids is 4. The van der Waals surface area contributed by atoms with Crippen molar-refractivity contribution < 1.29 is 23.9 Å². The molecule has 3 amide bonds. The normalized spacial score (nSPS) is 25.2. The first-order valence-electron chi connectivity index (χ1n) is 13.2. The van der Waals surface area contributed by atoms with Crippen LogP contribution in [0.5, 0.6) is 0 Å². The number of ketones is 1. The molecule has 1 saturated heterocycles. The number of rotatable bonds is 12. The van der Waals surface area contributed by atoms with E-state index in [1.165, 1.54) is 5.57 Å². The molecule has 0 spiro atoms. The maximum atomic E-state index is 13.2. The molecule has 0 aromatic carbocycles. The minimum absolute atomic E-state index is 0.120. The van der Waals surface area contributed by atoms with Crippen molar-refractivity contribution in [3.05, 3.63) is 23.8 Å². The molecule has 3 N–H and O–H groups in total. The van der Waals surface area contributed by atoms with Crippen molar-refractivity contribution in [1.29, 1.82) is 0 Å². The minimum Gasteiger partial charge on any atom is -0.446 e. The number of nitrogens with one attached hydrogen (secondary N) is 3. The summed E-state index contributed by atoms with van der Waals surface area (Å²) in [6.45, 7) is 4.46. The van der Waals surface area contributed by atoms with Crippen molar-refractivity contribution in [2.45, 2.75) is 89.8 Å². The molecule has 9 heteroatoms. The van der Waals surface area contributed by atoms with Gasteiger partial charge in [0.15, 0.2) is 5.78 Å². The molecule has 5 atom stereocenters. The van der Waals surface area contributed by atoms with Gasteiger partial charge in [0, 0.05) is 12.5 Å². The summed E-state index contributed by atoms with van der Waals surface area (Å²) < 4.78 is 5.81. The zero-order valence-electron chi connectivity index (χ0n) is 21.4. The Balaban J connectivity index is 1.58. The zero-order valence-corrected chi connectivity index (χ0v) is 22.1. The Labute approximate surface area is 219 Å². The van der Waals surface area contributed by atoms with Crippen LogP contribution in [0, 0.1) is 17.8 Å². The molecule has 0 bridgehead atoms. The third kappa shape index (κ3) is 8.36. The predicted octanol–water partition coefficient (Wildman–Crippen LogP) is 3.78. The largest absolute Gasteiger partial charge is 0.446 e. The molecule has 3 aliphatic rings. The number of carbonyl (C=O) groups is 4. The first-order valence-corrected chi connectivity index (χ1v) is 13.8. The first-order chi connectivity index (χ1) is 17.3. The van der Waals surface area contributed by atoms with Gasteiger partial charge in [-0.1, -0.05) is 37.6 Å². The van der Waals surface area contributed by atoms with Gasteiger partial charge in [-0.05, 0) is 69.6 Å². The highest BCUT2D eigenvalue weighted by molar-refractivity contribution is 6.28. The lowest BCUT2D eigenvalue weighted by Gasteiger charge is -2.26. The lowest BCUT2D eigenvalue weighted by Crippen LogP contribution is -2.53. The van der Waals surface area contributed by atoms with Crippen LogP contribution in [-0.4, -0.2) is 54.3 Å². The highest BCUT2D eigenvalue weighted by atomic mass is 35.5. The Hall–Kier alpha value is -2.35. The summed E-state index contributed by atoms with van der Waals surface area (Å²) in [5.41, 5.74) is 1.39. The number of alkyl carbamates (subject to hydrolysis) is 1. The molecule has 0 aromatic heterocycles. The highest BCUT2D eigenvalue weighted by Gasteiger charge is 2.35. The van der Waals surface area contributed by atoms with Crippen LogP contribution in [0.25, 0.3) is 0 Å². The van der Waals surface area contributed by atoms with Gasteiger partial charge in [0.2, 0.25) is 11.8 Å². The molecular formula is C27H40ClN3O5. The van der Waals surface area contributed by atoms with E-state index in [-0.39, 0.29) is 47.8 Å². The lowest BCUT2D eigenvalue weighted by atomic mass is 9.92. The van der Waals surface area contributed by atoms with E-state index in [0.29, 0.717) is 19.4 Å². The molecule has 8 nitrogen and oxygen atoms in total. The quantitative estimate of drug-likeness (QED) is 0.267. The zero-order chi connectivity index (χ0) is 26.1.